The topological polar surface area (TPSA) is 46.2 Å². The van der Waals surface area contributed by atoms with Gasteiger partial charge in [0.15, 0.2) is 0 Å². The maximum absolute atomic E-state index is 13.9. The highest BCUT2D eigenvalue weighted by atomic mass is 79.9. The molecule has 5 heteroatoms. The van der Waals surface area contributed by atoms with E-state index in [0.29, 0.717) is 12.8 Å². The van der Waals surface area contributed by atoms with Crippen molar-refractivity contribution in [3.63, 3.8) is 0 Å². The molecule has 1 saturated carbocycles. The molecular weight excluding hydrogens is 292 g/mol. The molecule has 94 valence electrons. The summed E-state index contributed by atoms with van der Waals surface area (Å²) < 4.78 is 27.8. The zero-order chi connectivity index (χ0) is 12.6. The number of rotatable bonds is 1. The number of nitrogens with two attached hydrogens (primary N) is 1. The molecule has 2 unspecified atom stereocenters. The Balaban J connectivity index is 2.48. The summed E-state index contributed by atoms with van der Waals surface area (Å²) in [6.07, 6.45) is 1.98. The van der Waals surface area contributed by atoms with Crippen LogP contribution in [-0.4, -0.2) is 11.1 Å². The minimum atomic E-state index is -1.49. The lowest BCUT2D eigenvalue weighted by Gasteiger charge is -2.36. The average molecular weight is 306 g/mol. The molecular formula is C12H14BrF2NO. The molecule has 2 atom stereocenters. The van der Waals surface area contributed by atoms with Crippen molar-refractivity contribution in [3.05, 3.63) is 33.8 Å². The Labute approximate surface area is 107 Å². The Morgan fingerprint density at radius 1 is 1.41 bits per heavy atom. The van der Waals surface area contributed by atoms with Crippen LogP contribution in [0.4, 0.5) is 8.78 Å². The fraction of sp³-hybridized carbons (Fsp3) is 0.500. The normalized spacial score (nSPS) is 29.4. The lowest BCUT2D eigenvalue weighted by atomic mass is 9.77. The minimum Gasteiger partial charge on any atom is -0.385 e. The molecule has 0 aliphatic heterocycles. The Bertz CT molecular complexity index is 441. The van der Waals surface area contributed by atoms with Crippen molar-refractivity contribution < 1.29 is 13.9 Å². The second-order valence-corrected chi connectivity index (χ2v) is 5.46. The Morgan fingerprint density at radius 2 is 2.12 bits per heavy atom. The summed E-state index contributed by atoms with van der Waals surface area (Å²) in [5.41, 5.74) is 4.02. The van der Waals surface area contributed by atoms with Crippen molar-refractivity contribution in [2.24, 2.45) is 5.73 Å². The first kappa shape index (κ1) is 12.9. The molecule has 0 saturated heterocycles. The Kier molecular flexibility index (Phi) is 3.52. The standard InChI is InChI=1S/C12H14BrF2NO/c13-8-3-4-9(14)10(11(8)15)12(17)5-1-2-7(16)6-12/h3-4,7,17H,1-2,5-6,16H2. The third kappa shape index (κ3) is 2.37. The number of benzene rings is 1. The fourth-order valence-electron chi connectivity index (χ4n) is 2.48. The van der Waals surface area contributed by atoms with Crippen molar-refractivity contribution in [1.82, 2.24) is 0 Å². The molecule has 0 radical (unpaired) electrons. The monoisotopic (exact) mass is 305 g/mol. The molecule has 0 bridgehead atoms. The second-order valence-electron chi connectivity index (χ2n) is 4.61. The van der Waals surface area contributed by atoms with Crippen LogP contribution in [0.3, 0.4) is 0 Å². The van der Waals surface area contributed by atoms with Crippen LogP contribution in [0.2, 0.25) is 0 Å². The lowest BCUT2D eigenvalue weighted by Crippen LogP contribution is -2.40. The smallest absolute Gasteiger partial charge is 0.146 e. The van der Waals surface area contributed by atoms with Gasteiger partial charge in [-0.15, -0.1) is 0 Å². The van der Waals surface area contributed by atoms with Gasteiger partial charge < -0.3 is 10.8 Å². The van der Waals surface area contributed by atoms with Crippen LogP contribution in [0.25, 0.3) is 0 Å². The van der Waals surface area contributed by atoms with Crippen LogP contribution in [0.15, 0.2) is 16.6 Å². The Morgan fingerprint density at radius 3 is 2.76 bits per heavy atom. The predicted octanol–water partition coefficient (Wildman–Crippen LogP) is 2.82. The summed E-state index contributed by atoms with van der Waals surface area (Å²) in [5.74, 6) is -1.45. The maximum Gasteiger partial charge on any atom is 0.146 e. The van der Waals surface area contributed by atoms with E-state index in [1.807, 2.05) is 0 Å². The van der Waals surface area contributed by atoms with E-state index in [4.69, 9.17) is 5.73 Å². The lowest BCUT2D eigenvalue weighted by molar-refractivity contribution is -0.0134. The third-order valence-corrected chi connectivity index (χ3v) is 3.89. The molecule has 0 spiro atoms. The van der Waals surface area contributed by atoms with Crippen molar-refractivity contribution >= 4 is 15.9 Å². The van der Waals surface area contributed by atoms with Crippen LogP contribution in [0.5, 0.6) is 0 Å². The van der Waals surface area contributed by atoms with E-state index in [1.54, 1.807) is 0 Å². The Hall–Kier alpha value is -0.520. The van der Waals surface area contributed by atoms with Crippen LogP contribution >= 0.6 is 15.9 Å². The van der Waals surface area contributed by atoms with Gasteiger partial charge in [0.25, 0.3) is 0 Å². The molecule has 17 heavy (non-hydrogen) atoms. The van der Waals surface area contributed by atoms with E-state index >= 15 is 0 Å². The molecule has 2 nitrogen and oxygen atoms in total. The van der Waals surface area contributed by atoms with E-state index in [2.05, 4.69) is 15.9 Å². The SMILES string of the molecule is NC1CCCC(O)(c2c(F)ccc(Br)c2F)C1. The fourth-order valence-corrected chi connectivity index (χ4v) is 2.81. The van der Waals surface area contributed by atoms with Gasteiger partial charge in [0.05, 0.1) is 15.6 Å². The summed E-state index contributed by atoms with van der Waals surface area (Å²) in [6.45, 7) is 0. The van der Waals surface area contributed by atoms with E-state index in [9.17, 15) is 13.9 Å². The number of hydrogen-bond donors (Lipinski definition) is 2. The van der Waals surface area contributed by atoms with Crippen LogP contribution in [-0.2, 0) is 5.60 Å². The molecule has 0 aromatic heterocycles. The molecule has 1 aromatic carbocycles. The zero-order valence-electron chi connectivity index (χ0n) is 9.22. The molecule has 0 amide bonds. The van der Waals surface area contributed by atoms with Gasteiger partial charge in [0, 0.05) is 6.04 Å². The van der Waals surface area contributed by atoms with Crippen molar-refractivity contribution in [2.75, 3.05) is 0 Å². The molecule has 2 rings (SSSR count). The van der Waals surface area contributed by atoms with Crippen molar-refractivity contribution in [2.45, 2.75) is 37.3 Å². The summed E-state index contributed by atoms with van der Waals surface area (Å²) in [7, 11) is 0. The summed E-state index contributed by atoms with van der Waals surface area (Å²) in [6, 6.07) is 2.23. The second kappa shape index (κ2) is 4.63. The summed E-state index contributed by atoms with van der Waals surface area (Å²) >= 11 is 3.00. The van der Waals surface area contributed by atoms with Crippen molar-refractivity contribution in [3.8, 4) is 0 Å². The summed E-state index contributed by atoms with van der Waals surface area (Å²) in [5, 5.41) is 10.4. The van der Waals surface area contributed by atoms with Gasteiger partial charge in [0.2, 0.25) is 0 Å². The number of hydrogen-bond acceptors (Lipinski definition) is 2. The minimum absolute atomic E-state index is 0.154. The largest absolute Gasteiger partial charge is 0.385 e. The van der Waals surface area contributed by atoms with Crippen LogP contribution in [0.1, 0.15) is 31.2 Å². The highest BCUT2D eigenvalue weighted by Gasteiger charge is 2.39. The molecule has 0 heterocycles. The first-order valence-electron chi connectivity index (χ1n) is 5.56. The average Bonchev–Trinajstić information content (AvgIpc) is 2.23. The van der Waals surface area contributed by atoms with Crippen LogP contribution < -0.4 is 5.73 Å². The number of halogens is 3. The van der Waals surface area contributed by atoms with Gasteiger partial charge in [-0.2, -0.15) is 0 Å². The first-order chi connectivity index (χ1) is 7.94. The molecule has 1 fully saturated rings. The third-order valence-electron chi connectivity index (χ3n) is 3.27. The predicted molar refractivity (Wildman–Crippen MR) is 64.4 cm³/mol. The molecule has 1 aromatic rings. The quantitative estimate of drug-likeness (QED) is 0.784. The summed E-state index contributed by atoms with van der Waals surface area (Å²) in [4.78, 5) is 0. The van der Waals surface area contributed by atoms with E-state index < -0.39 is 17.2 Å². The molecule has 3 N–H and O–H groups in total. The van der Waals surface area contributed by atoms with Gasteiger partial charge in [0.1, 0.15) is 11.6 Å². The maximum atomic E-state index is 13.9. The van der Waals surface area contributed by atoms with Crippen molar-refractivity contribution in [1.29, 1.82) is 0 Å². The van der Waals surface area contributed by atoms with Gasteiger partial charge in [-0.05, 0) is 53.7 Å². The van der Waals surface area contributed by atoms with E-state index in [-0.39, 0.29) is 22.5 Å². The first-order valence-corrected chi connectivity index (χ1v) is 6.35. The van der Waals surface area contributed by atoms with Crippen LogP contribution in [0, 0.1) is 11.6 Å². The van der Waals surface area contributed by atoms with Gasteiger partial charge >= 0.3 is 0 Å². The van der Waals surface area contributed by atoms with Gasteiger partial charge in [-0.1, -0.05) is 0 Å². The molecule has 1 aliphatic carbocycles. The highest BCUT2D eigenvalue weighted by molar-refractivity contribution is 9.10. The highest BCUT2D eigenvalue weighted by Crippen LogP contribution is 2.40. The number of aliphatic hydroxyl groups is 1. The van der Waals surface area contributed by atoms with Gasteiger partial charge in [-0.25, -0.2) is 8.78 Å². The van der Waals surface area contributed by atoms with E-state index in [1.165, 1.54) is 6.07 Å². The van der Waals surface area contributed by atoms with E-state index in [0.717, 1.165) is 12.5 Å². The zero-order valence-corrected chi connectivity index (χ0v) is 10.8. The van der Waals surface area contributed by atoms with Gasteiger partial charge in [-0.3, -0.25) is 0 Å². The molecule has 1 aliphatic rings.